The lowest BCUT2D eigenvalue weighted by atomic mass is 9.82. The first-order valence-corrected chi connectivity index (χ1v) is 9.96. The van der Waals surface area contributed by atoms with Crippen molar-refractivity contribution in [2.24, 2.45) is 5.92 Å². The van der Waals surface area contributed by atoms with Crippen molar-refractivity contribution in [1.29, 1.82) is 0 Å². The SMILES string of the molecule is C=C1/C(=C\COP(c2ccccc2)c2ccccc2)C[C@@H](C)C[C@@H]1F. The minimum absolute atomic E-state index is 0.358. The van der Waals surface area contributed by atoms with Crippen molar-refractivity contribution in [2.75, 3.05) is 6.61 Å². The van der Waals surface area contributed by atoms with Gasteiger partial charge in [0, 0.05) is 10.6 Å². The minimum atomic E-state index is -0.917. The van der Waals surface area contributed by atoms with Crippen LogP contribution in [0.5, 0.6) is 0 Å². The highest BCUT2D eigenvalue weighted by molar-refractivity contribution is 7.68. The summed E-state index contributed by atoms with van der Waals surface area (Å²) in [5.41, 5.74) is 1.65. The molecule has 0 aromatic heterocycles. The lowest BCUT2D eigenvalue weighted by Crippen LogP contribution is -2.19. The zero-order valence-electron chi connectivity index (χ0n) is 14.6. The maximum atomic E-state index is 14.0. The Hall–Kier alpha value is -1.76. The monoisotopic (exact) mass is 354 g/mol. The zero-order chi connectivity index (χ0) is 17.6. The molecule has 0 unspecified atom stereocenters. The van der Waals surface area contributed by atoms with E-state index in [1.54, 1.807) is 0 Å². The van der Waals surface area contributed by atoms with Gasteiger partial charge in [-0.15, -0.1) is 0 Å². The summed E-state index contributed by atoms with van der Waals surface area (Å²) in [4.78, 5) is 0. The van der Waals surface area contributed by atoms with Crippen LogP contribution in [0.1, 0.15) is 19.8 Å². The van der Waals surface area contributed by atoms with Gasteiger partial charge in [0.25, 0.3) is 0 Å². The number of benzene rings is 2. The molecule has 1 saturated carbocycles. The van der Waals surface area contributed by atoms with Gasteiger partial charge in [-0.25, -0.2) is 4.39 Å². The summed E-state index contributed by atoms with van der Waals surface area (Å²) in [5.74, 6) is 0.358. The van der Waals surface area contributed by atoms with E-state index < -0.39 is 14.3 Å². The number of allylic oxidation sites excluding steroid dienone is 2. The molecule has 130 valence electrons. The van der Waals surface area contributed by atoms with Crippen LogP contribution in [0.25, 0.3) is 0 Å². The molecule has 0 radical (unpaired) electrons. The maximum absolute atomic E-state index is 14.0. The quantitative estimate of drug-likeness (QED) is 0.662. The molecule has 1 fully saturated rings. The first-order valence-electron chi connectivity index (χ1n) is 8.70. The van der Waals surface area contributed by atoms with E-state index in [2.05, 4.69) is 37.8 Å². The fourth-order valence-corrected chi connectivity index (χ4v) is 4.84. The fraction of sp³-hybridized carbons (Fsp3) is 0.273. The second-order valence-corrected chi connectivity index (χ2v) is 8.41. The summed E-state index contributed by atoms with van der Waals surface area (Å²) in [6.45, 7) is 6.50. The molecule has 3 rings (SSSR count). The Kier molecular flexibility index (Phi) is 6.18. The van der Waals surface area contributed by atoms with Crippen LogP contribution in [-0.2, 0) is 4.52 Å². The van der Waals surface area contributed by atoms with Crippen LogP contribution in [0.15, 0.2) is 84.5 Å². The number of alkyl halides is 1. The number of hydrogen-bond donors (Lipinski definition) is 0. The summed E-state index contributed by atoms with van der Waals surface area (Å²) < 4.78 is 20.3. The molecule has 0 bridgehead atoms. The van der Waals surface area contributed by atoms with Gasteiger partial charge in [0.2, 0.25) is 0 Å². The Morgan fingerprint density at radius 2 is 1.64 bits per heavy atom. The van der Waals surface area contributed by atoms with E-state index in [4.69, 9.17) is 4.52 Å². The highest BCUT2D eigenvalue weighted by atomic mass is 31.1. The Balaban J connectivity index is 1.75. The molecule has 25 heavy (non-hydrogen) atoms. The molecule has 0 spiro atoms. The average Bonchev–Trinajstić information content (AvgIpc) is 2.64. The molecule has 2 aromatic carbocycles. The van der Waals surface area contributed by atoms with E-state index in [0.717, 1.165) is 12.0 Å². The molecule has 0 aliphatic heterocycles. The highest BCUT2D eigenvalue weighted by Gasteiger charge is 2.25. The topological polar surface area (TPSA) is 9.23 Å². The van der Waals surface area contributed by atoms with E-state index in [-0.39, 0.29) is 0 Å². The van der Waals surface area contributed by atoms with Crippen LogP contribution >= 0.6 is 8.15 Å². The molecule has 0 saturated heterocycles. The van der Waals surface area contributed by atoms with E-state index in [0.29, 0.717) is 24.5 Å². The van der Waals surface area contributed by atoms with Gasteiger partial charge < -0.3 is 4.52 Å². The summed E-state index contributed by atoms with van der Waals surface area (Å²) in [6.07, 6.45) is 2.57. The van der Waals surface area contributed by atoms with Crippen molar-refractivity contribution in [3.8, 4) is 0 Å². The Morgan fingerprint density at radius 3 is 2.20 bits per heavy atom. The summed E-state index contributed by atoms with van der Waals surface area (Å²) in [7, 11) is -0.882. The van der Waals surface area contributed by atoms with E-state index >= 15 is 0 Å². The normalized spacial score (nSPS) is 22.5. The first-order chi connectivity index (χ1) is 12.1. The molecule has 3 heteroatoms. The minimum Gasteiger partial charge on any atom is -0.346 e. The lowest BCUT2D eigenvalue weighted by Gasteiger charge is -2.26. The Morgan fingerprint density at radius 1 is 1.08 bits per heavy atom. The zero-order valence-corrected chi connectivity index (χ0v) is 15.5. The number of rotatable bonds is 5. The predicted molar refractivity (Wildman–Crippen MR) is 106 cm³/mol. The second-order valence-electron chi connectivity index (χ2n) is 6.53. The van der Waals surface area contributed by atoms with Gasteiger partial charge >= 0.3 is 0 Å². The standard InChI is InChI=1S/C22H24FOP/c1-17-15-19(18(2)22(23)16-17)13-14-24-25(20-9-5-3-6-10-20)21-11-7-4-8-12-21/h3-13,17,22H,2,14-16H2,1H3/b19-13-/t17-,22+/m1/s1. The van der Waals surface area contributed by atoms with E-state index in [9.17, 15) is 4.39 Å². The summed E-state index contributed by atoms with van der Waals surface area (Å²) >= 11 is 0. The second kappa shape index (κ2) is 8.56. The van der Waals surface area contributed by atoms with Gasteiger partial charge in [-0.2, -0.15) is 0 Å². The van der Waals surface area contributed by atoms with Crippen molar-refractivity contribution in [2.45, 2.75) is 25.9 Å². The molecule has 2 aromatic rings. The summed E-state index contributed by atoms with van der Waals surface area (Å²) in [5, 5.41) is 2.36. The third-order valence-corrected chi connectivity index (χ3v) is 6.42. The largest absolute Gasteiger partial charge is 0.346 e. The summed E-state index contributed by atoms with van der Waals surface area (Å²) in [6, 6.07) is 20.6. The van der Waals surface area contributed by atoms with Gasteiger partial charge in [-0.3, -0.25) is 0 Å². The van der Waals surface area contributed by atoms with Crippen LogP contribution < -0.4 is 10.6 Å². The van der Waals surface area contributed by atoms with Gasteiger partial charge in [-0.1, -0.05) is 80.2 Å². The molecule has 0 amide bonds. The van der Waals surface area contributed by atoms with Crippen LogP contribution in [0.2, 0.25) is 0 Å². The highest BCUT2D eigenvalue weighted by Crippen LogP contribution is 2.37. The third kappa shape index (κ3) is 4.66. The molecule has 1 nitrogen and oxygen atoms in total. The van der Waals surface area contributed by atoms with Crippen LogP contribution in [0.4, 0.5) is 4.39 Å². The first kappa shape index (κ1) is 18.0. The van der Waals surface area contributed by atoms with Crippen molar-refractivity contribution in [3.63, 3.8) is 0 Å². The molecular weight excluding hydrogens is 330 g/mol. The van der Waals surface area contributed by atoms with Gasteiger partial charge in [0.1, 0.15) is 6.17 Å². The van der Waals surface area contributed by atoms with Gasteiger partial charge in [-0.05, 0) is 29.9 Å². The van der Waals surface area contributed by atoms with Crippen molar-refractivity contribution < 1.29 is 8.91 Å². The molecule has 0 N–H and O–H groups in total. The smallest absolute Gasteiger partial charge is 0.125 e. The molecule has 0 heterocycles. The van der Waals surface area contributed by atoms with Gasteiger partial charge in [0.05, 0.1) is 14.8 Å². The average molecular weight is 354 g/mol. The molecule has 1 aliphatic carbocycles. The fourth-order valence-electron chi connectivity index (χ4n) is 3.14. The van der Waals surface area contributed by atoms with Crippen LogP contribution in [-0.4, -0.2) is 12.8 Å². The number of hydrogen-bond acceptors (Lipinski definition) is 1. The Bertz CT molecular complexity index is 687. The van der Waals surface area contributed by atoms with Crippen molar-refractivity contribution >= 4 is 18.8 Å². The molecule has 2 atom stereocenters. The lowest BCUT2D eigenvalue weighted by molar-refractivity contribution is 0.292. The molecular formula is C22H24FOP. The maximum Gasteiger partial charge on any atom is 0.125 e. The number of halogens is 1. The Labute approximate surface area is 151 Å². The third-order valence-electron chi connectivity index (χ3n) is 4.48. The predicted octanol–water partition coefficient (Wildman–Crippen LogP) is 5.30. The molecule has 1 aliphatic rings. The van der Waals surface area contributed by atoms with Crippen LogP contribution in [0, 0.1) is 5.92 Å². The van der Waals surface area contributed by atoms with E-state index in [1.807, 2.05) is 42.5 Å². The van der Waals surface area contributed by atoms with Gasteiger partial charge in [0.15, 0.2) is 0 Å². The van der Waals surface area contributed by atoms with Crippen molar-refractivity contribution in [1.82, 2.24) is 0 Å². The van der Waals surface area contributed by atoms with E-state index in [1.165, 1.54) is 10.6 Å². The van der Waals surface area contributed by atoms with Crippen molar-refractivity contribution in [3.05, 3.63) is 84.5 Å². The van der Waals surface area contributed by atoms with Crippen LogP contribution in [0.3, 0.4) is 0 Å².